The third-order valence-electron chi connectivity index (χ3n) is 2.22. The quantitative estimate of drug-likeness (QED) is 0.490. The summed E-state index contributed by atoms with van der Waals surface area (Å²) in [6.07, 6.45) is -0.730. The molecule has 1 amide bonds. The van der Waals surface area contributed by atoms with Gasteiger partial charge in [0.1, 0.15) is 6.04 Å². The second kappa shape index (κ2) is 7.09. The van der Waals surface area contributed by atoms with E-state index in [9.17, 15) is 14.4 Å². The molecule has 0 saturated heterocycles. The summed E-state index contributed by atoms with van der Waals surface area (Å²) >= 11 is 13.4. The van der Waals surface area contributed by atoms with Crippen LogP contribution in [0, 0.1) is 3.57 Å². The molecule has 0 saturated carbocycles. The van der Waals surface area contributed by atoms with Gasteiger partial charge >= 0.3 is 11.9 Å². The fraction of sp³-hybridized carbons (Fsp3) is 0.182. The van der Waals surface area contributed by atoms with E-state index in [0.717, 1.165) is 0 Å². The van der Waals surface area contributed by atoms with E-state index in [0.29, 0.717) is 3.57 Å². The molecule has 1 aromatic rings. The minimum absolute atomic E-state index is 0.0831. The number of benzene rings is 1. The van der Waals surface area contributed by atoms with Gasteiger partial charge in [0.05, 0.1) is 17.0 Å². The van der Waals surface area contributed by atoms with Gasteiger partial charge in [-0.25, -0.2) is 4.79 Å². The summed E-state index contributed by atoms with van der Waals surface area (Å²) in [6.45, 7) is 0. The molecule has 0 aliphatic carbocycles. The van der Waals surface area contributed by atoms with Crippen molar-refractivity contribution in [2.75, 3.05) is 0 Å². The number of aliphatic carboxylic acids is 2. The van der Waals surface area contributed by atoms with E-state index in [1.54, 1.807) is 0 Å². The molecule has 6 nitrogen and oxygen atoms in total. The monoisotopic (exact) mass is 431 g/mol. The van der Waals surface area contributed by atoms with Crippen LogP contribution in [0.1, 0.15) is 16.8 Å². The lowest BCUT2D eigenvalue weighted by Gasteiger charge is -2.13. The van der Waals surface area contributed by atoms with Crippen LogP contribution in [0.2, 0.25) is 10.0 Å². The molecule has 0 bridgehead atoms. The van der Waals surface area contributed by atoms with Crippen molar-refractivity contribution in [1.82, 2.24) is 5.32 Å². The Kier molecular flexibility index (Phi) is 6.03. The van der Waals surface area contributed by atoms with Crippen LogP contribution < -0.4 is 5.32 Å². The Bertz CT molecular complexity index is 578. The number of nitrogens with one attached hydrogen (secondary N) is 1. The highest BCUT2D eigenvalue weighted by molar-refractivity contribution is 14.1. The van der Waals surface area contributed by atoms with Crippen LogP contribution in [0.15, 0.2) is 12.1 Å². The van der Waals surface area contributed by atoms with Gasteiger partial charge in [0.2, 0.25) is 0 Å². The zero-order valence-corrected chi connectivity index (χ0v) is 13.4. The first-order valence-electron chi connectivity index (χ1n) is 5.12. The van der Waals surface area contributed by atoms with Crippen LogP contribution in [-0.4, -0.2) is 34.1 Å². The molecule has 9 heteroatoms. The molecule has 0 heterocycles. The SMILES string of the molecule is O=C(O)C[C@@H](NC(=O)c1cc(Cl)cc(Cl)c1I)C(=O)O. The van der Waals surface area contributed by atoms with E-state index < -0.39 is 30.3 Å². The van der Waals surface area contributed by atoms with Gasteiger partial charge in [0, 0.05) is 8.59 Å². The van der Waals surface area contributed by atoms with Crippen molar-refractivity contribution >= 4 is 63.6 Å². The van der Waals surface area contributed by atoms with Gasteiger partial charge in [-0.15, -0.1) is 0 Å². The number of carbonyl (C=O) groups is 3. The van der Waals surface area contributed by atoms with Crippen molar-refractivity contribution in [3.8, 4) is 0 Å². The second-order valence-corrected chi connectivity index (χ2v) is 5.63. The summed E-state index contributed by atoms with van der Waals surface area (Å²) in [6, 6.07) is 1.23. The first-order valence-corrected chi connectivity index (χ1v) is 6.96. The largest absolute Gasteiger partial charge is 0.481 e. The first kappa shape index (κ1) is 17.0. The maximum absolute atomic E-state index is 12.0. The van der Waals surface area contributed by atoms with Crippen LogP contribution in [0.25, 0.3) is 0 Å². The van der Waals surface area contributed by atoms with Crippen LogP contribution in [0.5, 0.6) is 0 Å². The summed E-state index contributed by atoms with van der Waals surface area (Å²) in [4.78, 5) is 33.4. The lowest BCUT2D eigenvalue weighted by atomic mass is 10.1. The molecule has 108 valence electrons. The highest BCUT2D eigenvalue weighted by atomic mass is 127. The van der Waals surface area contributed by atoms with Crippen LogP contribution >= 0.6 is 45.8 Å². The van der Waals surface area contributed by atoms with Gasteiger partial charge in [-0.05, 0) is 34.7 Å². The van der Waals surface area contributed by atoms with Crippen molar-refractivity contribution in [3.63, 3.8) is 0 Å². The Morgan fingerprint density at radius 1 is 1.25 bits per heavy atom. The van der Waals surface area contributed by atoms with E-state index in [4.69, 9.17) is 33.4 Å². The average molecular weight is 432 g/mol. The normalized spacial score (nSPS) is 11.8. The van der Waals surface area contributed by atoms with E-state index in [2.05, 4.69) is 5.32 Å². The van der Waals surface area contributed by atoms with Crippen molar-refractivity contribution in [3.05, 3.63) is 31.3 Å². The number of carboxylic acid groups (broad SMARTS) is 2. The lowest BCUT2D eigenvalue weighted by molar-refractivity contribution is -0.145. The number of carbonyl (C=O) groups excluding carboxylic acids is 1. The molecule has 0 unspecified atom stereocenters. The van der Waals surface area contributed by atoms with Gasteiger partial charge in [-0.2, -0.15) is 0 Å². The Balaban J connectivity index is 3.00. The predicted octanol–water partition coefficient (Wildman–Crippen LogP) is 2.26. The molecule has 0 aliphatic rings. The van der Waals surface area contributed by atoms with Crippen LogP contribution in [-0.2, 0) is 9.59 Å². The van der Waals surface area contributed by atoms with Crippen molar-refractivity contribution in [2.45, 2.75) is 12.5 Å². The Morgan fingerprint density at radius 3 is 2.35 bits per heavy atom. The Labute approximate surface area is 137 Å². The molecule has 0 fully saturated rings. The van der Waals surface area contributed by atoms with E-state index in [1.807, 2.05) is 22.6 Å². The molecule has 0 aromatic heterocycles. The summed E-state index contributed by atoms with van der Waals surface area (Å²) in [5.74, 6) is -3.53. The molecule has 1 aromatic carbocycles. The van der Waals surface area contributed by atoms with Crippen molar-refractivity contribution in [2.24, 2.45) is 0 Å². The minimum atomic E-state index is -1.53. The molecular formula is C11H8Cl2INO5. The zero-order valence-electron chi connectivity index (χ0n) is 9.69. The molecule has 0 spiro atoms. The molecule has 0 radical (unpaired) electrons. The van der Waals surface area contributed by atoms with Gasteiger partial charge in [-0.1, -0.05) is 23.2 Å². The zero-order chi connectivity index (χ0) is 15.4. The summed E-state index contributed by atoms with van der Waals surface area (Å²) < 4.78 is 0.394. The third kappa shape index (κ3) is 4.50. The molecule has 3 N–H and O–H groups in total. The smallest absolute Gasteiger partial charge is 0.326 e. The molecule has 20 heavy (non-hydrogen) atoms. The summed E-state index contributed by atoms with van der Waals surface area (Å²) in [5.41, 5.74) is 0.0831. The van der Waals surface area contributed by atoms with Crippen LogP contribution in [0.4, 0.5) is 0 Å². The Morgan fingerprint density at radius 2 is 1.85 bits per heavy atom. The fourth-order valence-electron chi connectivity index (χ4n) is 1.33. The number of hydrogen-bond acceptors (Lipinski definition) is 3. The summed E-state index contributed by atoms with van der Waals surface area (Å²) in [7, 11) is 0. The van der Waals surface area contributed by atoms with Gasteiger partial charge < -0.3 is 15.5 Å². The third-order valence-corrected chi connectivity index (χ3v) is 4.22. The average Bonchev–Trinajstić information content (AvgIpc) is 2.32. The Hall–Kier alpha value is -1.06. The number of amides is 1. The molecule has 1 rings (SSSR count). The van der Waals surface area contributed by atoms with Gasteiger partial charge in [0.15, 0.2) is 0 Å². The standard InChI is InChI=1S/C11H8Cl2INO5/c12-4-1-5(9(14)6(13)2-4)10(18)15-7(11(19)20)3-8(16)17/h1-2,7H,3H2,(H,15,18)(H,16,17)(H,19,20)/t7-/m1/s1. The number of carboxylic acids is 2. The number of hydrogen-bond donors (Lipinski definition) is 3. The summed E-state index contributed by atoms with van der Waals surface area (Å²) in [5, 5.41) is 20.0. The predicted molar refractivity (Wildman–Crippen MR) is 80.3 cm³/mol. The molecule has 1 atom stereocenters. The molecular weight excluding hydrogens is 424 g/mol. The topological polar surface area (TPSA) is 104 Å². The van der Waals surface area contributed by atoms with Gasteiger partial charge in [0.25, 0.3) is 5.91 Å². The van der Waals surface area contributed by atoms with Gasteiger partial charge in [-0.3, -0.25) is 9.59 Å². The van der Waals surface area contributed by atoms with E-state index >= 15 is 0 Å². The van der Waals surface area contributed by atoms with E-state index in [1.165, 1.54) is 12.1 Å². The fourth-order valence-corrected chi connectivity index (χ4v) is 2.38. The number of halogens is 3. The maximum Gasteiger partial charge on any atom is 0.326 e. The highest BCUT2D eigenvalue weighted by Crippen LogP contribution is 2.26. The van der Waals surface area contributed by atoms with Crippen LogP contribution in [0.3, 0.4) is 0 Å². The minimum Gasteiger partial charge on any atom is -0.481 e. The second-order valence-electron chi connectivity index (χ2n) is 3.71. The first-order chi connectivity index (χ1) is 9.22. The lowest BCUT2D eigenvalue weighted by Crippen LogP contribution is -2.42. The van der Waals surface area contributed by atoms with Crippen molar-refractivity contribution < 1.29 is 24.6 Å². The maximum atomic E-state index is 12.0. The number of rotatable bonds is 5. The van der Waals surface area contributed by atoms with E-state index in [-0.39, 0.29) is 15.6 Å². The van der Waals surface area contributed by atoms with Crippen molar-refractivity contribution in [1.29, 1.82) is 0 Å². The molecule has 0 aliphatic heterocycles. The highest BCUT2D eigenvalue weighted by Gasteiger charge is 2.25.